The highest BCUT2D eigenvalue weighted by Crippen LogP contribution is 2.52. The molecular weight excluding hydrogens is 432 g/mol. The van der Waals surface area contributed by atoms with Crippen molar-refractivity contribution in [3.8, 4) is 5.75 Å². The Balaban J connectivity index is 1.77. The van der Waals surface area contributed by atoms with Gasteiger partial charge in [0.25, 0.3) is 0 Å². The fourth-order valence-electron chi connectivity index (χ4n) is 6.21. The molecule has 1 aromatic heterocycles. The molecule has 164 valence electrons. The van der Waals surface area contributed by atoms with Crippen LogP contribution in [-0.4, -0.2) is 53.9 Å². The smallest absolute Gasteiger partial charge is 0.362 e. The molecule has 1 aromatic carbocycles. The molecule has 2 saturated heterocycles. The number of hydrogen-bond donors (Lipinski definition) is 2. The van der Waals surface area contributed by atoms with Gasteiger partial charge in [-0.2, -0.15) is 16.8 Å². The minimum Gasteiger partial charge on any atom is -0.362 e. The number of piperidine rings is 2. The Morgan fingerprint density at radius 2 is 1.93 bits per heavy atom. The van der Waals surface area contributed by atoms with E-state index >= 15 is 0 Å². The van der Waals surface area contributed by atoms with Crippen LogP contribution in [0, 0.1) is 11.8 Å². The zero-order chi connectivity index (χ0) is 21.4. The van der Waals surface area contributed by atoms with Gasteiger partial charge in [0.1, 0.15) is 5.75 Å². The number of fused-ring (bicyclic) bond motifs is 4. The fourth-order valence-corrected chi connectivity index (χ4v) is 7.46. The van der Waals surface area contributed by atoms with Gasteiger partial charge in [-0.3, -0.25) is 14.0 Å². The average Bonchev–Trinajstić information content (AvgIpc) is 2.93. The second kappa shape index (κ2) is 6.67. The molecule has 2 unspecified atom stereocenters. The maximum Gasteiger partial charge on any atom is 0.446 e. The van der Waals surface area contributed by atoms with Crippen LogP contribution in [-0.2, 0) is 27.1 Å². The highest BCUT2D eigenvalue weighted by atomic mass is 32.3. The molecule has 1 aliphatic carbocycles. The lowest BCUT2D eigenvalue weighted by molar-refractivity contribution is -0.0137. The Labute approximate surface area is 175 Å². The maximum absolute atomic E-state index is 12.5. The summed E-state index contributed by atoms with van der Waals surface area (Å²) in [4.78, 5) is 2.45. The molecule has 11 heteroatoms. The molecular formula is C19H24N2O7S2. The largest absolute Gasteiger partial charge is 0.446 e. The third kappa shape index (κ3) is 3.14. The predicted molar refractivity (Wildman–Crippen MR) is 109 cm³/mol. The summed E-state index contributed by atoms with van der Waals surface area (Å²) >= 11 is 0. The lowest BCUT2D eigenvalue weighted by Gasteiger charge is -2.53. The van der Waals surface area contributed by atoms with Crippen LogP contribution in [0.15, 0.2) is 18.2 Å². The topological polar surface area (TPSA) is 126 Å². The standard InChI is InChI=1S/C19H24N2O7S2/c1-2-12-7-11-8-16-18(12)20(10-11)6-5-14-15-9-13(28-30(25,26)27)3-4-17(15)21(19(14)16)29(22,23)24/h3-4,9,11-12,16,18H,2,5-8,10H2,1H3,(H,22,23,24)(H,25,26,27)/t11-,12-,16+,18?/m0/s1. The van der Waals surface area contributed by atoms with Gasteiger partial charge in [-0.1, -0.05) is 13.3 Å². The van der Waals surface area contributed by atoms with Crippen molar-refractivity contribution < 1.29 is 30.1 Å². The monoisotopic (exact) mass is 456 g/mol. The van der Waals surface area contributed by atoms with Gasteiger partial charge in [-0.15, -0.1) is 0 Å². The summed E-state index contributed by atoms with van der Waals surface area (Å²) in [5.74, 6) is 0.822. The molecule has 3 fully saturated rings. The summed E-state index contributed by atoms with van der Waals surface area (Å²) in [7, 11) is -9.29. The van der Waals surface area contributed by atoms with E-state index in [0.29, 0.717) is 29.3 Å². The van der Waals surface area contributed by atoms with Crippen molar-refractivity contribution in [2.45, 2.75) is 44.6 Å². The molecule has 2 aromatic rings. The second-order valence-corrected chi connectivity index (χ2v) is 10.9. The highest BCUT2D eigenvalue weighted by Gasteiger charge is 2.50. The highest BCUT2D eigenvalue weighted by molar-refractivity contribution is 7.84. The van der Waals surface area contributed by atoms with E-state index in [1.165, 1.54) is 18.2 Å². The summed E-state index contributed by atoms with van der Waals surface area (Å²) < 4.78 is 72.0. The molecule has 1 saturated carbocycles. The van der Waals surface area contributed by atoms with Gasteiger partial charge < -0.3 is 4.18 Å². The number of hydrogen-bond acceptors (Lipinski definition) is 6. The van der Waals surface area contributed by atoms with Crippen LogP contribution in [0.3, 0.4) is 0 Å². The SMILES string of the molecule is CC[C@H]1C[C@H]2C[C@H]3c4c(c5cc(OS(=O)(=O)O)ccc5n4S(=O)(=O)O)CCN(C2)C13. The van der Waals surface area contributed by atoms with Gasteiger partial charge in [0.15, 0.2) is 0 Å². The molecule has 5 atom stereocenters. The van der Waals surface area contributed by atoms with Crippen molar-refractivity contribution in [3.05, 3.63) is 29.5 Å². The van der Waals surface area contributed by atoms with Crippen molar-refractivity contribution >= 4 is 31.6 Å². The zero-order valence-electron chi connectivity index (χ0n) is 16.4. The molecule has 3 aliphatic heterocycles. The lowest BCUT2D eigenvalue weighted by Crippen LogP contribution is -2.56. The number of nitrogens with zero attached hydrogens (tertiary/aromatic N) is 2. The third-order valence-corrected chi connectivity index (χ3v) is 8.29. The lowest BCUT2D eigenvalue weighted by atomic mass is 9.65. The van der Waals surface area contributed by atoms with Crippen LogP contribution in [0.1, 0.15) is 43.4 Å². The van der Waals surface area contributed by atoms with Crippen molar-refractivity contribution in [3.63, 3.8) is 0 Å². The van der Waals surface area contributed by atoms with E-state index in [9.17, 15) is 21.4 Å². The first kappa shape index (κ1) is 20.3. The molecule has 4 bridgehead atoms. The van der Waals surface area contributed by atoms with Gasteiger partial charge in [0.2, 0.25) is 0 Å². The van der Waals surface area contributed by atoms with Gasteiger partial charge in [0.05, 0.1) is 5.52 Å². The van der Waals surface area contributed by atoms with E-state index in [2.05, 4.69) is 16.0 Å². The molecule has 30 heavy (non-hydrogen) atoms. The van der Waals surface area contributed by atoms with Crippen molar-refractivity contribution in [1.29, 1.82) is 0 Å². The zero-order valence-corrected chi connectivity index (χ0v) is 18.1. The Morgan fingerprint density at radius 1 is 1.17 bits per heavy atom. The Bertz CT molecular complexity index is 1240. The van der Waals surface area contributed by atoms with Crippen molar-refractivity contribution in [2.24, 2.45) is 11.8 Å². The van der Waals surface area contributed by atoms with Crippen molar-refractivity contribution in [1.82, 2.24) is 8.87 Å². The van der Waals surface area contributed by atoms with Crippen molar-refractivity contribution in [2.75, 3.05) is 13.1 Å². The van der Waals surface area contributed by atoms with E-state index in [1.54, 1.807) is 0 Å². The fraction of sp³-hybridized carbons (Fsp3) is 0.579. The van der Waals surface area contributed by atoms with E-state index in [0.717, 1.165) is 41.9 Å². The van der Waals surface area contributed by atoms with Crippen LogP contribution < -0.4 is 4.18 Å². The molecule has 9 nitrogen and oxygen atoms in total. The number of benzene rings is 1. The molecule has 0 spiro atoms. The first-order chi connectivity index (χ1) is 14.1. The van der Waals surface area contributed by atoms with E-state index in [-0.39, 0.29) is 23.2 Å². The summed E-state index contributed by atoms with van der Waals surface area (Å²) in [5, 5.41) is 0.515. The number of rotatable bonds is 4. The first-order valence-electron chi connectivity index (χ1n) is 10.1. The van der Waals surface area contributed by atoms with Crippen LogP contribution in [0.4, 0.5) is 0 Å². The van der Waals surface area contributed by atoms with Crippen LogP contribution >= 0.6 is 0 Å². The molecule has 6 rings (SSSR count). The van der Waals surface area contributed by atoms with Gasteiger partial charge >= 0.3 is 20.7 Å². The third-order valence-electron chi connectivity index (χ3n) is 7.03. The molecule has 0 amide bonds. The quantitative estimate of drug-likeness (QED) is 0.671. The van der Waals surface area contributed by atoms with Crippen LogP contribution in [0.2, 0.25) is 0 Å². The Morgan fingerprint density at radius 3 is 2.60 bits per heavy atom. The minimum atomic E-state index is -4.71. The second-order valence-electron chi connectivity index (χ2n) is 8.64. The summed E-state index contributed by atoms with van der Waals surface area (Å²) in [6, 6.07) is 4.32. The first-order valence-corrected chi connectivity index (χ1v) is 12.9. The van der Waals surface area contributed by atoms with Gasteiger partial charge in [-0.25, -0.2) is 3.97 Å². The number of aromatic nitrogens is 1. The maximum atomic E-state index is 12.5. The molecule has 0 radical (unpaired) electrons. The average molecular weight is 457 g/mol. The predicted octanol–water partition coefficient (Wildman–Crippen LogP) is 2.23. The molecule has 4 aliphatic rings. The van der Waals surface area contributed by atoms with E-state index in [4.69, 9.17) is 4.55 Å². The van der Waals surface area contributed by atoms with Gasteiger partial charge in [0, 0.05) is 36.1 Å². The minimum absolute atomic E-state index is 0.0276. The Kier molecular flexibility index (Phi) is 4.50. The summed E-state index contributed by atoms with van der Waals surface area (Å²) in [6.07, 6.45) is 3.61. The van der Waals surface area contributed by atoms with Crippen LogP contribution in [0.5, 0.6) is 5.75 Å². The van der Waals surface area contributed by atoms with Gasteiger partial charge in [-0.05, 0) is 54.9 Å². The Hall–Kier alpha value is -1.66. The van der Waals surface area contributed by atoms with E-state index < -0.39 is 20.7 Å². The van der Waals surface area contributed by atoms with Crippen LogP contribution in [0.25, 0.3) is 10.9 Å². The molecule has 2 N–H and O–H groups in total. The summed E-state index contributed by atoms with van der Waals surface area (Å²) in [6.45, 7) is 3.94. The molecule has 4 heterocycles. The normalized spacial score (nSPS) is 30.8. The van der Waals surface area contributed by atoms with E-state index in [1.807, 2.05) is 0 Å². The summed E-state index contributed by atoms with van der Waals surface area (Å²) in [5.41, 5.74) is 1.68.